The van der Waals surface area contributed by atoms with Crippen molar-refractivity contribution >= 4 is 49.3 Å². The molecule has 214 valence electrons. The third-order valence-corrected chi connectivity index (χ3v) is 10.8. The lowest BCUT2D eigenvalue weighted by molar-refractivity contribution is -0.956. The average molecular weight is 592 g/mol. The Hall–Kier alpha value is -6.01. The van der Waals surface area contributed by atoms with Crippen LogP contribution in [0.15, 0.2) is 116 Å². The van der Waals surface area contributed by atoms with Crippen LogP contribution in [0.4, 0.5) is 0 Å². The Morgan fingerprint density at radius 2 is 1.48 bits per heavy atom. The molecule has 4 aromatic carbocycles. The molecular formula is C40H25N5O+2. The SMILES string of the molecule is Cc1cccc(C)c1-c1c[n+]2c3c4c5c(ccc4c4ncccc4n13)Oc1ccc3c4ccccc4n4c3c1C52[n+]1ccccc1-4. The summed E-state index contributed by atoms with van der Waals surface area (Å²) in [4.78, 5) is 5.03. The molecule has 5 aromatic heterocycles. The highest BCUT2D eigenvalue weighted by Crippen LogP contribution is 2.57. The van der Waals surface area contributed by atoms with Gasteiger partial charge in [-0.1, -0.05) is 36.4 Å². The van der Waals surface area contributed by atoms with E-state index in [9.17, 15) is 0 Å². The number of para-hydroxylation sites is 1. The van der Waals surface area contributed by atoms with Crippen molar-refractivity contribution in [3.63, 3.8) is 0 Å². The molecule has 1 atom stereocenters. The van der Waals surface area contributed by atoms with Gasteiger partial charge in [0.15, 0.2) is 16.7 Å². The lowest BCUT2D eigenvalue weighted by atomic mass is 9.83. The van der Waals surface area contributed by atoms with Crippen molar-refractivity contribution < 1.29 is 13.9 Å². The lowest BCUT2D eigenvalue weighted by Crippen LogP contribution is -2.75. The number of pyridine rings is 3. The van der Waals surface area contributed by atoms with Gasteiger partial charge in [0, 0.05) is 34.0 Å². The van der Waals surface area contributed by atoms with E-state index in [1.807, 2.05) is 6.20 Å². The van der Waals surface area contributed by atoms with Gasteiger partial charge in [0.25, 0.3) is 11.5 Å². The maximum atomic E-state index is 6.93. The van der Waals surface area contributed by atoms with Crippen LogP contribution in [-0.4, -0.2) is 14.0 Å². The van der Waals surface area contributed by atoms with E-state index in [-0.39, 0.29) is 0 Å². The fourth-order valence-corrected chi connectivity index (χ4v) is 9.24. The fraction of sp³-hybridized carbons (Fsp3) is 0.0750. The average Bonchev–Trinajstić information content (AvgIpc) is 3.73. The standard InChI is InChI=1S/C40H25N5O/c1-22-9-7-10-23(2)33(22)29-21-43-39-34-26(37-28(44(29)39)13-8-19-41-37)16-18-30-35(34)40(43)36-31(46-30)17-15-25-24-11-3-4-12-27(24)45(38(25)36)32-14-5-6-20-42(32)40/h3-21H,1-2H3/q+2. The van der Waals surface area contributed by atoms with E-state index in [2.05, 4.69) is 141 Å². The maximum Gasteiger partial charge on any atom is 0.318 e. The molecule has 3 aliphatic heterocycles. The lowest BCUT2D eigenvalue weighted by Gasteiger charge is -2.36. The van der Waals surface area contributed by atoms with E-state index in [0.717, 1.165) is 39.4 Å². The zero-order valence-corrected chi connectivity index (χ0v) is 25.1. The first-order valence-corrected chi connectivity index (χ1v) is 15.8. The van der Waals surface area contributed by atoms with Gasteiger partial charge in [-0.3, -0.25) is 4.98 Å². The Bertz CT molecular complexity index is 2910. The normalized spacial score (nSPS) is 16.7. The van der Waals surface area contributed by atoms with E-state index in [0.29, 0.717) is 0 Å². The molecule has 9 aromatic rings. The Labute approximate surface area is 262 Å². The molecular weight excluding hydrogens is 566 g/mol. The van der Waals surface area contributed by atoms with E-state index in [1.54, 1.807) is 0 Å². The number of fused-ring (bicyclic) bond motifs is 8. The first-order chi connectivity index (χ1) is 22.7. The van der Waals surface area contributed by atoms with Crippen molar-refractivity contribution in [2.24, 2.45) is 0 Å². The number of hydrogen-bond donors (Lipinski definition) is 0. The van der Waals surface area contributed by atoms with E-state index in [1.165, 1.54) is 60.7 Å². The minimum atomic E-state index is -0.720. The van der Waals surface area contributed by atoms with Gasteiger partial charge in [-0.05, 0) is 79.6 Å². The minimum absolute atomic E-state index is 0.720. The summed E-state index contributed by atoms with van der Waals surface area (Å²) < 4.78 is 16.9. The first kappa shape index (κ1) is 23.4. The number of ether oxygens (including phenoxy) is 1. The van der Waals surface area contributed by atoms with Gasteiger partial charge in [-0.15, -0.1) is 0 Å². The molecule has 0 N–H and O–H groups in total. The summed E-state index contributed by atoms with van der Waals surface area (Å²) in [5.74, 6) is 2.90. The maximum absolute atomic E-state index is 6.93. The van der Waals surface area contributed by atoms with E-state index >= 15 is 0 Å². The summed E-state index contributed by atoms with van der Waals surface area (Å²) in [6, 6.07) is 35.0. The van der Waals surface area contributed by atoms with Gasteiger partial charge in [0.2, 0.25) is 0 Å². The van der Waals surface area contributed by atoms with Gasteiger partial charge in [0.1, 0.15) is 39.9 Å². The molecule has 0 saturated carbocycles. The van der Waals surface area contributed by atoms with E-state index in [4.69, 9.17) is 9.72 Å². The molecule has 6 heteroatoms. The van der Waals surface area contributed by atoms with Crippen LogP contribution in [0.2, 0.25) is 0 Å². The molecule has 12 rings (SSSR count). The fourth-order valence-electron chi connectivity index (χ4n) is 9.24. The summed E-state index contributed by atoms with van der Waals surface area (Å²) in [6.45, 7) is 4.44. The third-order valence-electron chi connectivity index (χ3n) is 10.8. The van der Waals surface area contributed by atoms with Crippen LogP contribution < -0.4 is 13.9 Å². The summed E-state index contributed by atoms with van der Waals surface area (Å²) in [5.41, 5.74) is 12.2. The minimum Gasteiger partial charge on any atom is -0.456 e. The predicted octanol–water partition coefficient (Wildman–Crippen LogP) is 7.63. The highest BCUT2D eigenvalue weighted by Gasteiger charge is 2.65. The second-order valence-electron chi connectivity index (χ2n) is 12.9. The van der Waals surface area contributed by atoms with Crippen LogP contribution >= 0.6 is 0 Å². The molecule has 3 aliphatic rings. The Morgan fingerprint density at radius 1 is 0.696 bits per heavy atom. The van der Waals surface area contributed by atoms with Gasteiger partial charge in [-0.25, -0.2) is 0 Å². The van der Waals surface area contributed by atoms with Gasteiger partial charge in [-0.2, -0.15) is 18.1 Å². The summed E-state index contributed by atoms with van der Waals surface area (Å²) >= 11 is 0. The summed E-state index contributed by atoms with van der Waals surface area (Å²) in [7, 11) is 0. The van der Waals surface area contributed by atoms with Crippen LogP contribution in [0, 0.1) is 13.8 Å². The molecule has 1 spiro atoms. The highest BCUT2D eigenvalue weighted by molar-refractivity contribution is 6.15. The van der Waals surface area contributed by atoms with Gasteiger partial charge < -0.3 is 4.74 Å². The zero-order chi connectivity index (χ0) is 30.1. The second-order valence-corrected chi connectivity index (χ2v) is 12.9. The monoisotopic (exact) mass is 591 g/mol. The van der Waals surface area contributed by atoms with Crippen molar-refractivity contribution in [1.82, 2.24) is 14.0 Å². The third kappa shape index (κ3) is 2.28. The molecule has 6 nitrogen and oxygen atoms in total. The molecule has 0 saturated heterocycles. The Balaban J connectivity index is 1.41. The molecule has 46 heavy (non-hydrogen) atoms. The number of imidazole rings is 1. The molecule has 1 unspecified atom stereocenters. The quantitative estimate of drug-likeness (QED) is 0.146. The molecule has 0 amide bonds. The number of nitrogens with zero attached hydrogens (tertiary/aromatic N) is 5. The van der Waals surface area contributed by atoms with E-state index < -0.39 is 5.66 Å². The molecule has 0 radical (unpaired) electrons. The summed E-state index contributed by atoms with van der Waals surface area (Å²) in [6.07, 6.45) is 6.56. The van der Waals surface area contributed by atoms with Crippen LogP contribution in [0.3, 0.4) is 0 Å². The van der Waals surface area contributed by atoms with Crippen LogP contribution in [-0.2, 0) is 5.66 Å². The smallest absolute Gasteiger partial charge is 0.318 e. The van der Waals surface area contributed by atoms with Gasteiger partial charge in [0.05, 0.1) is 11.6 Å². The Morgan fingerprint density at radius 3 is 2.37 bits per heavy atom. The summed E-state index contributed by atoms with van der Waals surface area (Å²) in [5, 5.41) is 4.81. The topological polar surface area (TPSA) is 39.2 Å². The second kappa shape index (κ2) is 7.44. The van der Waals surface area contributed by atoms with Crippen molar-refractivity contribution in [2.45, 2.75) is 19.5 Å². The molecule has 8 heterocycles. The van der Waals surface area contributed by atoms with Crippen molar-refractivity contribution in [1.29, 1.82) is 0 Å². The molecule has 0 bridgehead atoms. The molecule has 0 aliphatic carbocycles. The number of hydrogen-bond acceptors (Lipinski definition) is 2. The first-order valence-electron chi connectivity index (χ1n) is 15.8. The Kier molecular flexibility index (Phi) is 3.78. The van der Waals surface area contributed by atoms with Gasteiger partial charge >= 0.3 is 5.66 Å². The number of benzene rings is 4. The van der Waals surface area contributed by atoms with Crippen molar-refractivity contribution in [3.8, 4) is 28.6 Å². The number of rotatable bonds is 1. The highest BCUT2D eigenvalue weighted by atomic mass is 16.5. The van der Waals surface area contributed by atoms with Crippen LogP contribution in [0.5, 0.6) is 11.5 Å². The van der Waals surface area contributed by atoms with Crippen LogP contribution in [0.25, 0.3) is 66.3 Å². The molecule has 0 fully saturated rings. The van der Waals surface area contributed by atoms with Crippen molar-refractivity contribution in [3.05, 3.63) is 138 Å². The largest absolute Gasteiger partial charge is 0.456 e. The zero-order valence-electron chi connectivity index (χ0n) is 25.1. The number of aromatic nitrogens is 5. The predicted molar refractivity (Wildman–Crippen MR) is 178 cm³/mol. The number of aryl methyl sites for hydroxylation is 2. The van der Waals surface area contributed by atoms with Crippen LogP contribution in [0.1, 0.15) is 22.3 Å². The van der Waals surface area contributed by atoms with Crippen molar-refractivity contribution in [2.75, 3.05) is 0 Å².